The van der Waals surface area contributed by atoms with Crippen molar-refractivity contribution >= 4 is 0 Å². The molecule has 4 aliphatic heterocycles. The molecule has 10 heteroatoms. The third-order valence-electron chi connectivity index (χ3n) is 6.39. The summed E-state index contributed by atoms with van der Waals surface area (Å²) in [6.45, 7) is 17.1. The van der Waals surface area contributed by atoms with Crippen molar-refractivity contribution in [2.24, 2.45) is 0 Å². The summed E-state index contributed by atoms with van der Waals surface area (Å²) in [4.78, 5) is 0. The fraction of sp³-hybridized carbons (Fsp3) is 0.857. The minimum absolute atomic E-state index is 0.217. The van der Waals surface area contributed by atoms with Crippen molar-refractivity contribution < 1.29 is 47.4 Å². The van der Waals surface area contributed by atoms with Crippen LogP contribution in [0.4, 0.5) is 0 Å². The van der Waals surface area contributed by atoms with Gasteiger partial charge in [-0.3, -0.25) is 0 Å². The predicted octanol–water partition coefficient (Wildman–Crippen LogP) is 2.37. The first-order chi connectivity index (χ1) is 17.7. The lowest BCUT2D eigenvalue weighted by atomic mass is 10.1. The molecular formula is C28H42O10. The molecule has 4 fully saturated rings. The highest BCUT2D eigenvalue weighted by molar-refractivity contribution is 5.26. The van der Waals surface area contributed by atoms with Crippen molar-refractivity contribution in [2.45, 2.75) is 115 Å². The Morgan fingerprint density at radius 2 is 0.947 bits per heavy atom. The molecule has 0 aromatic rings. The maximum absolute atomic E-state index is 6.06. The zero-order valence-corrected chi connectivity index (χ0v) is 23.8. The first kappa shape index (κ1) is 29.7. The van der Waals surface area contributed by atoms with Crippen LogP contribution in [0.25, 0.3) is 0 Å². The van der Waals surface area contributed by atoms with E-state index < -0.39 is 23.1 Å². The first-order valence-electron chi connectivity index (χ1n) is 13.2. The molecule has 0 bridgehead atoms. The molecule has 0 unspecified atom stereocenters. The summed E-state index contributed by atoms with van der Waals surface area (Å²) in [6.07, 6.45) is -1.56. The van der Waals surface area contributed by atoms with Crippen molar-refractivity contribution in [1.29, 1.82) is 0 Å². The molecule has 0 aliphatic carbocycles. The monoisotopic (exact) mass is 538 g/mol. The van der Waals surface area contributed by atoms with Crippen molar-refractivity contribution in [1.82, 2.24) is 0 Å². The van der Waals surface area contributed by atoms with E-state index >= 15 is 0 Å². The molecular weight excluding hydrogens is 496 g/mol. The van der Waals surface area contributed by atoms with Gasteiger partial charge in [0.25, 0.3) is 0 Å². The van der Waals surface area contributed by atoms with Crippen molar-refractivity contribution in [3.63, 3.8) is 0 Å². The van der Waals surface area contributed by atoms with Crippen LogP contribution in [0.3, 0.4) is 0 Å². The van der Waals surface area contributed by atoms with Gasteiger partial charge in [-0.2, -0.15) is 0 Å². The van der Waals surface area contributed by atoms with Gasteiger partial charge in [0.15, 0.2) is 23.1 Å². The molecule has 4 heterocycles. The highest BCUT2D eigenvalue weighted by Crippen LogP contribution is 2.37. The lowest BCUT2D eigenvalue weighted by Gasteiger charge is -2.23. The summed E-state index contributed by atoms with van der Waals surface area (Å²) >= 11 is 0. The van der Waals surface area contributed by atoms with Crippen LogP contribution in [0.1, 0.15) is 55.4 Å². The van der Waals surface area contributed by atoms with E-state index in [0.717, 1.165) is 0 Å². The molecule has 0 aromatic carbocycles. The van der Waals surface area contributed by atoms with E-state index in [2.05, 4.69) is 23.7 Å². The van der Waals surface area contributed by atoms with Gasteiger partial charge in [0.05, 0.1) is 26.4 Å². The number of rotatable bonds is 8. The zero-order chi connectivity index (χ0) is 27.6. The summed E-state index contributed by atoms with van der Waals surface area (Å²) in [5.41, 5.74) is 0. The Hall–Kier alpha value is -1.28. The van der Waals surface area contributed by atoms with Crippen LogP contribution in [0.2, 0.25) is 0 Å². The van der Waals surface area contributed by atoms with Gasteiger partial charge in [0, 0.05) is 0 Å². The Kier molecular flexibility index (Phi) is 9.13. The Bertz CT molecular complexity index is 861. The van der Waals surface area contributed by atoms with Crippen LogP contribution >= 0.6 is 0 Å². The Balaban J connectivity index is 1.15. The molecule has 0 N–H and O–H groups in total. The fourth-order valence-electron chi connectivity index (χ4n) is 4.98. The second kappa shape index (κ2) is 11.7. The van der Waals surface area contributed by atoms with Gasteiger partial charge < -0.3 is 47.4 Å². The van der Waals surface area contributed by atoms with Crippen LogP contribution in [0.15, 0.2) is 0 Å². The van der Waals surface area contributed by atoms with Crippen LogP contribution in [-0.2, 0) is 47.4 Å². The van der Waals surface area contributed by atoms with Gasteiger partial charge in [0.1, 0.15) is 49.8 Å². The van der Waals surface area contributed by atoms with Crippen LogP contribution in [0.5, 0.6) is 0 Å². The van der Waals surface area contributed by atoms with Crippen LogP contribution < -0.4 is 0 Å². The topological polar surface area (TPSA) is 92.3 Å². The molecule has 0 saturated carbocycles. The lowest BCUT2D eigenvalue weighted by Crippen LogP contribution is -2.40. The Morgan fingerprint density at radius 1 is 0.553 bits per heavy atom. The number of hydrogen-bond donors (Lipinski definition) is 0. The molecule has 214 valence electrons. The van der Waals surface area contributed by atoms with Crippen molar-refractivity contribution in [2.75, 3.05) is 39.6 Å². The molecule has 0 aromatic heterocycles. The molecule has 38 heavy (non-hydrogen) atoms. The Morgan fingerprint density at radius 3 is 1.29 bits per heavy atom. The van der Waals surface area contributed by atoms with Crippen molar-refractivity contribution in [3.8, 4) is 23.7 Å². The molecule has 4 rings (SSSR count). The first-order valence-corrected chi connectivity index (χ1v) is 13.2. The zero-order valence-electron chi connectivity index (χ0n) is 23.8. The summed E-state index contributed by atoms with van der Waals surface area (Å²) in [5.74, 6) is 8.66. The molecule has 10 nitrogen and oxygen atoms in total. The van der Waals surface area contributed by atoms with Gasteiger partial charge in [0.2, 0.25) is 0 Å². The van der Waals surface area contributed by atoms with E-state index in [1.807, 2.05) is 55.4 Å². The van der Waals surface area contributed by atoms with E-state index in [1.54, 1.807) is 0 Å². The highest BCUT2D eigenvalue weighted by atomic mass is 16.8. The molecule has 0 spiro atoms. The van der Waals surface area contributed by atoms with E-state index in [1.165, 1.54) is 0 Å². The van der Waals surface area contributed by atoms with Crippen LogP contribution in [-0.4, -0.2) is 99.4 Å². The number of hydrogen-bond acceptors (Lipinski definition) is 10. The second-order valence-corrected chi connectivity index (χ2v) is 11.6. The van der Waals surface area contributed by atoms with Gasteiger partial charge in [-0.25, -0.2) is 0 Å². The lowest BCUT2D eigenvalue weighted by molar-refractivity contribution is -0.175. The normalized spacial score (nSPS) is 36.4. The van der Waals surface area contributed by atoms with Crippen molar-refractivity contribution in [3.05, 3.63) is 0 Å². The highest BCUT2D eigenvalue weighted by Gasteiger charge is 2.51. The molecule has 4 aliphatic rings. The van der Waals surface area contributed by atoms with Gasteiger partial charge in [-0.1, -0.05) is 11.8 Å². The molecule has 4 saturated heterocycles. The smallest absolute Gasteiger partial charge is 0.164 e. The largest absolute Gasteiger partial charge is 0.366 e. The predicted molar refractivity (Wildman–Crippen MR) is 135 cm³/mol. The SMILES string of the molecule is CC1(C)OC[C@H]([C@H]2OC(C)(C)O[C@@H]2COCC#CC#CCOC[C@H]2OC(C)(C)O[C@@H]2[C@H]2COC(C)(C)O2)O1. The van der Waals surface area contributed by atoms with Gasteiger partial charge in [-0.15, -0.1) is 0 Å². The van der Waals surface area contributed by atoms with Gasteiger partial charge in [-0.05, 0) is 67.2 Å². The van der Waals surface area contributed by atoms with E-state index in [-0.39, 0.29) is 49.8 Å². The molecule has 0 radical (unpaired) electrons. The standard InChI is InChI=1S/C28H42O10/c1-25(2)31-17-21(33-25)23-19(35-27(5,6)37-23)15-29-13-11-9-10-12-14-30-16-20-24(38-28(7,8)36-20)22-18-32-26(3,4)34-22/h19-24H,13-18H2,1-8H3/t19-,20-,21-,22-,23+,24+/m1/s1. The van der Waals surface area contributed by atoms with E-state index in [9.17, 15) is 0 Å². The third-order valence-corrected chi connectivity index (χ3v) is 6.39. The average Bonchev–Trinajstić information content (AvgIpc) is 3.52. The minimum atomic E-state index is -0.716. The summed E-state index contributed by atoms with van der Waals surface area (Å²) in [7, 11) is 0. The van der Waals surface area contributed by atoms with E-state index in [4.69, 9.17) is 47.4 Å². The van der Waals surface area contributed by atoms with Crippen LogP contribution in [0, 0.1) is 23.7 Å². The minimum Gasteiger partial charge on any atom is -0.366 e. The molecule has 0 amide bonds. The quantitative estimate of drug-likeness (QED) is 0.339. The number of ether oxygens (including phenoxy) is 10. The Labute approximate surface area is 226 Å². The van der Waals surface area contributed by atoms with Gasteiger partial charge >= 0.3 is 0 Å². The maximum atomic E-state index is 6.06. The summed E-state index contributed by atoms with van der Waals surface area (Å²) in [6, 6.07) is 0. The fourth-order valence-corrected chi connectivity index (χ4v) is 4.98. The summed E-state index contributed by atoms with van der Waals surface area (Å²) < 4.78 is 58.9. The second-order valence-electron chi connectivity index (χ2n) is 11.6. The third kappa shape index (κ3) is 8.12. The maximum Gasteiger partial charge on any atom is 0.164 e. The van der Waals surface area contributed by atoms with E-state index in [0.29, 0.717) is 26.4 Å². The summed E-state index contributed by atoms with van der Waals surface area (Å²) in [5, 5.41) is 0. The molecule has 6 atom stereocenters. The average molecular weight is 539 g/mol.